The molecule has 0 spiro atoms. The van der Waals surface area contributed by atoms with Crippen LogP contribution < -0.4 is 0 Å². The quantitative estimate of drug-likeness (QED) is 0.461. The molecular weight excluding hydrogens is 358 g/mol. The van der Waals surface area contributed by atoms with Gasteiger partial charge in [0.15, 0.2) is 5.78 Å². The number of halogens is 1. The number of carbonyl (C=O) groups excluding carboxylic acids is 1. The summed E-state index contributed by atoms with van der Waals surface area (Å²) in [6, 6.07) is 12.4. The van der Waals surface area contributed by atoms with Gasteiger partial charge in [-0.2, -0.15) is 0 Å². The van der Waals surface area contributed by atoms with Gasteiger partial charge in [-0.05, 0) is 18.2 Å². The molecule has 0 radical (unpaired) electrons. The van der Waals surface area contributed by atoms with Gasteiger partial charge in [0.1, 0.15) is 4.90 Å². The van der Waals surface area contributed by atoms with Crippen LogP contribution in [0.5, 0.6) is 0 Å². The Bertz CT molecular complexity index is 715. The molecule has 0 saturated heterocycles. The second kappa shape index (κ2) is 6.73. The monoisotopic (exact) mass is 367 g/mol. The first kappa shape index (κ1) is 15.5. The van der Waals surface area contributed by atoms with Crippen LogP contribution in [0.15, 0.2) is 57.9 Å². The fourth-order valence-electron chi connectivity index (χ4n) is 1.72. The molecule has 2 rings (SSSR count). The van der Waals surface area contributed by atoms with Crippen molar-refractivity contribution in [3.05, 3.63) is 68.7 Å². The van der Waals surface area contributed by atoms with Gasteiger partial charge in [-0.3, -0.25) is 19.1 Å². The van der Waals surface area contributed by atoms with E-state index in [-0.39, 0.29) is 22.1 Å². The van der Waals surface area contributed by atoms with Gasteiger partial charge in [-0.15, -0.1) is 0 Å². The topological polar surface area (TPSA) is 77.3 Å². The average molecular weight is 368 g/mol. The Morgan fingerprint density at radius 3 is 2.38 bits per heavy atom. The van der Waals surface area contributed by atoms with Crippen molar-refractivity contribution in [2.75, 3.05) is 5.75 Å². The first-order valence-electron chi connectivity index (χ1n) is 5.89. The molecule has 0 aliphatic carbocycles. The molecule has 0 amide bonds. The van der Waals surface area contributed by atoms with Crippen LogP contribution in [0.1, 0.15) is 10.4 Å². The zero-order valence-electron chi connectivity index (χ0n) is 10.7. The molecule has 0 aliphatic rings. The minimum absolute atomic E-state index is 0.0629. The lowest BCUT2D eigenvalue weighted by molar-refractivity contribution is -0.387. The molecule has 2 aromatic rings. The number of hydrogen-bond acceptors (Lipinski definition) is 4. The Morgan fingerprint density at radius 1 is 1.14 bits per heavy atom. The van der Waals surface area contributed by atoms with Gasteiger partial charge in [0, 0.05) is 16.1 Å². The highest BCUT2D eigenvalue weighted by Crippen LogP contribution is 2.22. The van der Waals surface area contributed by atoms with Gasteiger partial charge < -0.3 is 0 Å². The molecule has 2 aromatic carbocycles. The van der Waals surface area contributed by atoms with Gasteiger partial charge in [0.05, 0.1) is 21.5 Å². The predicted molar refractivity (Wildman–Crippen MR) is 82.8 cm³/mol. The predicted octanol–water partition coefficient (Wildman–Crippen LogP) is 3.35. The van der Waals surface area contributed by atoms with Crippen LogP contribution in [0.3, 0.4) is 0 Å². The van der Waals surface area contributed by atoms with E-state index in [1.54, 1.807) is 30.3 Å². The standard InChI is InChI=1S/C14H10BrNO4S/c15-11-7-5-10(6-8-11)13(17)9-21(20)14-4-2-1-3-12(14)16(18)19/h1-8H,9H2. The first-order chi connectivity index (χ1) is 9.99. The number of rotatable bonds is 5. The third-order valence-corrected chi connectivity index (χ3v) is 4.62. The number of para-hydroxylation sites is 1. The number of nitrogens with zero attached hydrogens (tertiary/aromatic N) is 1. The Labute approximate surface area is 131 Å². The molecular formula is C14H10BrNO4S. The van der Waals surface area contributed by atoms with E-state index in [1.165, 1.54) is 18.2 Å². The summed E-state index contributed by atoms with van der Waals surface area (Å²) < 4.78 is 13.0. The highest BCUT2D eigenvalue weighted by atomic mass is 79.9. The van der Waals surface area contributed by atoms with Crippen LogP contribution in [-0.4, -0.2) is 20.7 Å². The second-order valence-electron chi connectivity index (χ2n) is 4.14. The Kier molecular flexibility index (Phi) is 4.98. The van der Waals surface area contributed by atoms with E-state index in [2.05, 4.69) is 15.9 Å². The fourth-order valence-corrected chi connectivity index (χ4v) is 3.15. The van der Waals surface area contributed by atoms with E-state index >= 15 is 0 Å². The highest BCUT2D eigenvalue weighted by molar-refractivity contribution is 9.10. The summed E-state index contributed by atoms with van der Waals surface area (Å²) >= 11 is 3.26. The minimum atomic E-state index is -1.75. The number of carbonyl (C=O) groups is 1. The molecule has 0 aromatic heterocycles. The lowest BCUT2D eigenvalue weighted by atomic mass is 10.2. The molecule has 5 nitrogen and oxygen atoms in total. The van der Waals surface area contributed by atoms with E-state index in [4.69, 9.17) is 0 Å². The summed E-state index contributed by atoms with van der Waals surface area (Å²) in [6.45, 7) is 0. The van der Waals surface area contributed by atoms with E-state index in [0.29, 0.717) is 5.56 Å². The molecule has 0 heterocycles. The van der Waals surface area contributed by atoms with Crippen molar-refractivity contribution in [1.82, 2.24) is 0 Å². The maximum atomic E-state index is 12.2. The maximum absolute atomic E-state index is 12.2. The number of hydrogen-bond donors (Lipinski definition) is 0. The smallest absolute Gasteiger partial charge is 0.285 e. The molecule has 21 heavy (non-hydrogen) atoms. The fraction of sp³-hybridized carbons (Fsp3) is 0.0714. The first-order valence-corrected chi connectivity index (χ1v) is 8.01. The lowest BCUT2D eigenvalue weighted by Crippen LogP contribution is -2.12. The molecule has 108 valence electrons. The zero-order chi connectivity index (χ0) is 15.4. The Morgan fingerprint density at radius 2 is 1.76 bits per heavy atom. The highest BCUT2D eigenvalue weighted by Gasteiger charge is 2.20. The van der Waals surface area contributed by atoms with Crippen LogP contribution in [0.4, 0.5) is 5.69 Å². The van der Waals surface area contributed by atoms with E-state index in [1.807, 2.05) is 0 Å². The lowest BCUT2D eigenvalue weighted by Gasteiger charge is -2.03. The number of nitro benzene ring substituents is 1. The SMILES string of the molecule is O=C(CS(=O)c1ccccc1[N+](=O)[O-])c1ccc(Br)cc1. The van der Waals surface area contributed by atoms with Crippen LogP contribution >= 0.6 is 15.9 Å². The summed E-state index contributed by atoms with van der Waals surface area (Å²) in [7, 11) is -1.75. The van der Waals surface area contributed by atoms with E-state index in [9.17, 15) is 19.1 Å². The van der Waals surface area contributed by atoms with Crippen LogP contribution in [0.25, 0.3) is 0 Å². The van der Waals surface area contributed by atoms with Crippen molar-refractivity contribution >= 4 is 38.2 Å². The van der Waals surface area contributed by atoms with Gasteiger partial charge in [0.25, 0.3) is 5.69 Å². The van der Waals surface area contributed by atoms with Crippen molar-refractivity contribution < 1.29 is 13.9 Å². The second-order valence-corrected chi connectivity index (χ2v) is 6.48. The summed E-state index contributed by atoms with van der Waals surface area (Å²) in [5.74, 6) is -0.606. The van der Waals surface area contributed by atoms with E-state index < -0.39 is 15.7 Å². The van der Waals surface area contributed by atoms with Gasteiger partial charge in [-0.25, -0.2) is 0 Å². The Hall–Kier alpha value is -1.86. The molecule has 7 heteroatoms. The van der Waals surface area contributed by atoms with Crippen molar-refractivity contribution in [1.29, 1.82) is 0 Å². The summed E-state index contributed by atoms with van der Waals surface area (Å²) in [5.41, 5.74) is 0.185. The van der Waals surface area contributed by atoms with Crippen molar-refractivity contribution in [2.45, 2.75) is 4.90 Å². The van der Waals surface area contributed by atoms with Crippen LogP contribution in [0.2, 0.25) is 0 Å². The van der Waals surface area contributed by atoms with Gasteiger partial charge >= 0.3 is 0 Å². The molecule has 0 fully saturated rings. The van der Waals surface area contributed by atoms with Crippen LogP contribution in [-0.2, 0) is 10.8 Å². The summed E-state index contributed by atoms with van der Waals surface area (Å²) in [4.78, 5) is 22.4. The largest absolute Gasteiger partial charge is 0.293 e. The summed E-state index contributed by atoms with van der Waals surface area (Å²) in [5, 5.41) is 10.9. The summed E-state index contributed by atoms with van der Waals surface area (Å²) in [6.07, 6.45) is 0. The molecule has 1 unspecified atom stereocenters. The molecule has 0 saturated carbocycles. The van der Waals surface area contributed by atoms with Gasteiger partial charge in [-0.1, -0.05) is 40.2 Å². The van der Waals surface area contributed by atoms with Crippen molar-refractivity contribution in [2.24, 2.45) is 0 Å². The van der Waals surface area contributed by atoms with E-state index in [0.717, 1.165) is 4.47 Å². The molecule has 1 atom stereocenters. The number of Topliss-reactive ketones (excluding diaryl/α,β-unsaturated/α-hetero) is 1. The Balaban J connectivity index is 2.20. The normalized spacial score (nSPS) is 11.9. The number of nitro groups is 1. The van der Waals surface area contributed by atoms with Crippen molar-refractivity contribution in [3.8, 4) is 0 Å². The van der Waals surface area contributed by atoms with Gasteiger partial charge in [0.2, 0.25) is 0 Å². The number of ketones is 1. The zero-order valence-corrected chi connectivity index (χ0v) is 13.1. The average Bonchev–Trinajstić information content (AvgIpc) is 2.47. The molecule has 0 aliphatic heterocycles. The number of benzene rings is 2. The maximum Gasteiger partial charge on any atom is 0.285 e. The third kappa shape index (κ3) is 3.83. The molecule has 0 bridgehead atoms. The van der Waals surface area contributed by atoms with Crippen molar-refractivity contribution in [3.63, 3.8) is 0 Å². The minimum Gasteiger partial charge on any atom is -0.293 e. The molecule has 0 N–H and O–H groups in total. The van der Waals surface area contributed by atoms with Crippen LogP contribution in [0, 0.1) is 10.1 Å². The third-order valence-electron chi connectivity index (χ3n) is 2.74.